The lowest BCUT2D eigenvalue weighted by Gasteiger charge is -2.07. The number of esters is 1. The number of hydrogen-bond acceptors (Lipinski definition) is 3. The number of nitrogens with zero attached hydrogens (tertiary/aromatic N) is 1. The molecule has 14 heavy (non-hydrogen) atoms. The summed E-state index contributed by atoms with van der Waals surface area (Å²) in [7, 11) is 0. The smallest absolute Gasteiger partial charge is 0.323 e. The number of rotatable bonds is 7. The number of nitriles is 1. The van der Waals surface area contributed by atoms with Gasteiger partial charge in [0, 0.05) is 0 Å². The molecule has 0 rings (SSSR count). The zero-order valence-corrected chi connectivity index (χ0v) is 9.08. The van der Waals surface area contributed by atoms with Gasteiger partial charge in [0.25, 0.3) is 0 Å². The van der Waals surface area contributed by atoms with Crippen LogP contribution in [0.1, 0.15) is 46.0 Å². The van der Waals surface area contributed by atoms with Crippen molar-refractivity contribution in [3.63, 3.8) is 0 Å². The second-order valence-corrected chi connectivity index (χ2v) is 3.28. The maximum atomic E-state index is 11.2. The third kappa shape index (κ3) is 5.58. The molecule has 1 atom stereocenters. The molecule has 0 fully saturated rings. The molecule has 0 unspecified atom stereocenters. The maximum absolute atomic E-state index is 11.2. The van der Waals surface area contributed by atoms with Gasteiger partial charge in [-0.3, -0.25) is 4.79 Å². The lowest BCUT2D eigenvalue weighted by molar-refractivity contribution is -0.146. The quantitative estimate of drug-likeness (QED) is 0.465. The van der Waals surface area contributed by atoms with Crippen molar-refractivity contribution in [3.8, 4) is 6.07 Å². The first-order valence-corrected chi connectivity index (χ1v) is 5.32. The van der Waals surface area contributed by atoms with E-state index in [-0.39, 0.29) is 5.97 Å². The second kappa shape index (κ2) is 8.55. The summed E-state index contributed by atoms with van der Waals surface area (Å²) in [5.74, 6) is -0.932. The first-order chi connectivity index (χ1) is 6.76. The molecule has 80 valence electrons. The Morgan fingerprint density at radius 3 is 2.57 bits per heavy atom. The van der Waals surface area contributed by atoms with E-state index in [2.05, 4.69) is 6.92 Å². The van der Waals surface area contributed by atoms with Crippen molar-refractivity contribution in [3.05, 3.63) is 0 Å². The van der Waals surface area contributed by atoms with E-state index in [1.165, 1.54) is 6.42 Å². The lowest BCUT2D eigenvalue weighted by atomic mass is 10.0. The second-order valence-electron chi connectivity index (χ2n) is 3.28. The van der Waals surface area contributed by atoms with Crippen LogP contribution in [0.3, 0.4) is 0 Å². The monoisotopic (exact) mass is 197 g/mol. The van der Waals surface area contributed by atoms with Crippen LogP contribution in [0.5, 0.6) is 0 Å². The molecule has 3 nitrogen and oxygen atoms in total. The van der Waals surface area contributed by atoms with Crippen LogP contribution in [0.4, 0.5) is 0 Å². The van der Waals surface area contributed by atoms with E-state index in [0.29, 0.717) is 13.0 Å². The summed E-state index contributed by atoms with van der Waals surface area (Å²) >= 11 is 0. The van der Waals surface area contributed by atoms with E-state index in [0.717, 1.165) is 19.3 Å². The van der Waals surface area contributed by atoms with Gasteiger partial charge >= 0.3 is 5.97 Å². The predicted octanol–water partition coefficient (Wildman–Crippen LogP) is 2.66. The minimum atomic E-state index is -0.563. The average Bonchev–Trinajstić information content (AvgIpc) is 2.18. The predicted molar refractivity (Wildman–Crippen MR) is 54.5 cm³/mol. The van der Waals surface area contributed by atoms with Gasteiger partial charge in [0.2, 0.25) is 0 Å². The van der Waals surface area contributed by atoms with Crippen LogP contribution in [0.2, 0.25) is 0 Å². The molecular weight excluding hydrogens is 178 g/mol. The fraction of sp³-hybridized carbons (Fsp3) is 0.818. The number of ether oxygens (including phenoxy) is 1. The van der Waals surface area contributed by atoms with Crippen molar-refractivity contribution in [2.45, 2.75) is 46.0 Å². The molecular formula is C11H19NO2. The maximum Gasteiger partial charge on any atom is 0.323 e. The molecule has 0 aromatic heterocycles. The van der Waals surface area contributed by atoms with Crippen molar-refractivity contribution in [2.24, 2.45) is 5.92 Å². The Labute approximate surface area is 86.1 Å². The first-order valence-electron chi connectivity index (χ1n) is 5.32. The molecule has 0 saturated heterocycles. The van der Waals surface area contributed by atoms with Crippen LogP contribution < -0.4 is 0 Å². The Hall–Kier alpha value is -1.04. The highest BCUT2D eigenvalue weighted by molar-refractivity contribution is 5.75. The van der Waals surface area contributed by atoms with Crippen molar-refractivity contribution < 1.29 is 9.53 Å². The van der Waals surface area contributed by atoms with Crippen molar-refractivity contribution in [2.75, 3.05) is 6.61 Å². The Kier molecular flexibility index (Phi) is 7.92. The van der Waals surface area contributed by atoms with Gasteiger partial charge in [-0.2, -0.15) is 5.26 Å². The van der Waals surface area contributed by atoms with Crippen LogP contribution in [-0.4, -0.2) is 12.6 Å². The summed E-state index contributed by atoms with van der Waals surface area (Å²) in [6.07, 6.45) is 4.99. The zero-order chi connectivity index (χ0) is 10.8. The van der Waals surface area contributed by atoms with E-state index in [1.54, 1.807) is 6.92 Å². The molecule has 0 saturated carbocycles. The molecule has 0 aromatic carbocycles. The SMILES string of the molecule is CCCCCC[C@H](C#N)C(=O)OCC. The standard InChI is InChI=1S/C11H19NO2/c1-3-5-6-7-8-10(9-12)11(13)14-4-2/h10H,3-8H2,1-2H3/t10-/m1/s1. The molecule has 0 aromatic rings. The highest BCUT2D eigenvalue weighted by Crippen LogP contribution is 2.11. The van der Waals surface area contributed by atoms with Crippen molar-refractivity contribution >= 4 is 5.97 Å². The highest BCUT2D eigenvalue weighted by atomic mass is 16.5. The van der Waals surface area contributed by atoms with Gasteiger partial charge in [-0.1, -0.05) is 32.6 Å². The lowest BCUT2D eigenvalue weighted by Crippen LogP contribution is -2.16. The molecule has 0 aliphatic heterocycles. The van der Waals surface area contributed by atoms with Gasteiger partial charge < -0.3 is 4.74 Å². The van der Waals surface area contributed by atoms with Gasteiger partial charge in [-0.05, 0) is 13.3 Å². The summed E-state index contributed by atoms with van der Waals surface area (Å²) in [6, 6.07) is 1.99. The summed E-state index contributed by atoms with van der Waals surface area (Å²) in [6.45, 7) is 4.24. The molecule has 0 bridgehead atoms. The van der Waals surface area contributed by atoms with Crippen LogP contribution in [0.25, 0.3) is 0 Å². The molecule has 0 amide bonds. The Bertz CT molecular complexity index is 196. The van der Waals surface area contributed by atoms with Gasteiger partial charge in [0.05, 0.1) is 12.7 Å². The molecule has 0 radical (unpaired) electrons. The van der Waals surface area contributed by atoms with Crippen molar-refractivity contribution in [1.82, 2.24) is 0 Å². The number of carbonyl (C=O) groups is 1. The van der Waals surface area contributed by atoms with Crippen LogP contribution >= 0.6 is 0 Å². The Morgan fingerprint density at radius 2 is 2.07 bits per heavy atom. The third-order valence-electron chi connectivity index (χ3n) is 2.07. The minimum absolute atomic E-state index is 0.353. The van der Waals surface area contributed by atoms with E-state index in [1.807, 2.05) is 6.07 Å². The average molecular weight is 197 g/mol. The topological polar surface area (TPSA) is 50.1 Å². The largest absolute Gasteiger partial charge is 0.465 e. The van der Waals surface area contributed by atoms with Crippen LogP contribution in [-0.2, 0) is 9.53 Å². The van der Waals surface area contributed by atoms with E-state index in [9.17, 15) is 4.79 Å². The molecule has 3 heteroatoms. The van der Waals surface area contributed by atoms with E-state index in [4.69, 9.17) is 10.00 Å². The first kappa shape index (κ1) is 13.0. The molecule has 0 aliphatic carbocycles. The Balaban J connectivity index is 3.69. The van der Waals surface area contributed by atoms with Crippen LogP contribution in [0.15, 0.2) is 0 Å². The highest BCUT2D eigenvalue weighted by Gasteiger charge is 2.17. The molecule has 0 heterocycles. The molecule has 0 aliphatic rings. The minimum Gasteiger partial charge on any atom is -0.465 e. The fourth-order valence-electron chi connectivity index (χ4n) is 1.25. The van der Waals surface area contributed by atoms with Gasteiger partial charge in [0.1, 0.15) is 5.92 Å². The third-order valence-corrected chi connectivity index (χ3v) is 2.07. The van der Waals surface area contributed by atoms with E-state index < -0.39 is 5.92 Å². The normalized spacial score (nSPS) is 11.8. The van der Waals surface area contributed by atoms with Crippen molar-refractivity contribution in [1.29, 1.82) is 5.26 Å². The van der Waals surface area contributed by atoms with Crippen LogP contribution in [0, 0.1) is 17.2 Å². The molecule has 0 N–H and O–H groups in total. The Morgan fingerprint density at radius 1 is 1.36 bits per heavy atom. The zero-order valence-electron chi connectivity index (χ0n) is 9.08. The number of hydrogen-bond donors (Lipinski definition) is 0. The summed E-state index contributed by atoms with van der Waals surface area (Å²) in [5, 5.41) is 8.73. The fourth-order valence-corrected chi connectivity index (χ4v) is 1.25. The number of carbonyl (C=O) groups excluding carboxylic acids is 1. The summed E-state index contributed by atoms with van der Waals surface area (Å²) in [5.41, 5.74) is 0. The summed E-state index contributed by atoms with van der Waals surface area (Å²) in [4.78, 5) is 11.2. The van der Waals surface area contributed by atoms with Gasteiger partial charge in [0.15, 0.2) is 0 Å². The number of unbranched alkanes of at least 4 members (excludes halogenated alkanes) is 3. The summed E-state index contributed by atoms with van der Waals surface area (Å²) < 4.78 is 4.79. The van der Waals surface area contributed by atoms with Gasteiger partial charge in [-0.25, -0.2) is 0 Å². The molecule has 0 spiro atoms. The van der Waals surface area contributed by atoms with Gasteiger partial charge in [-0.15, -0.1) is 0 Å². The van der Waals surface area contributed by atoms with E-state index >= 15 is 0 Å².